The maximum atomic E-state index is 11.8. The van der Waals surface area contributed by atoms with Crippen LogP contribution < -0.4 is 4.74 Å². The van der Waals surface area contributed by atoms with Gasteiger partial charge in [-0.15, -0.1) is 10.2 Å². The summed E-state index contributed by atoms with van der Waals surface area (Å²) in [5, 5.41) is 19.5. The van der Waals surface area contributed by atoms with Crippen LogP contribution in [0.1, 0.15) is 5.56 Å². The number of rotatable bonds is 5. The number of nitrogens with zero attached hydrogens (tertiary/aromatic N) is 2. The molecule has 3 aromatic carbocycles. The van der Waals surface area contributed by atoms with E-state index in [0.29, 0.717) is 16.3 Å². The summed E-state index contributed by atoms with van der Waals surface area (Å²) in [6.07, 6.45) is 1.11. The molecule has 0 aromatic heterocycles. The number of phenols is 1. The van der Waals surface area contributed by atoms with Crippen molar-refractivity contribution in [3.63, 3.8) is 0 Å². The molecule has 0 saturated carbocycles. The summed E-state index contributed by atoms with van der Waals surface area (Å²) in [7, 11) is -2.00. The molecule has 0 radical (unpaired) electrons. The molecular formula is C19H17N2O6S2-. The van der Waals surface area contributed by atoms with E-state index in [0.717, 1.165) is 6.26 Å². The molecule has 0 bridgehead atoms. The molecule has 0 saturated heterocycles. The fraction of sp³-hybridized carbons (Fsp3) is 0.158. The molecule has 0 heterocycles. The first-order valence-corrected chi connectivity index (χ1v) is 11.2. The number of methoxy groups -OCH3 is 1. The summed E-state index contributed by atoms with van der Waals surface area (Å²) in [6.45, 7) is 1.62. The van der Waals surface area contributed by atoms with Gasteiger partial charge in [0.05, 0.1) is 12.0 Å². The van der Waals surface area contributed by atoms with Crippen LogP contribution in [-0.4, -0.2) is 35.7 Å². The van der Waals surface area contributed by atoms with Gasteiger partial charge in [-0.05, 0) is 59.3 Å². The van der Waals surface area contributed by atoms with Gasteiger partial charge in [0, 0.05) is 16.5 Å². The first-order chi connectivity index (χ1) is 13.6. The highest BCUT2D eigenvalue weighted by Gasteiger charge is 2.13. The molecule has 0 aliphatic rings. The fourth-order valence-electron chi connectivity index (χ4n) is 2.79. The Morgan fingerprint density at radius 2 is 1.83 bits per heavy atom. The summed E-state index contributed by atoms with van der Waals surface area (Å²) in [5.74, 6) is 0.0685. The Balaban J connectivity index is 2.13. The predicted molar refractivity (Wildman–Crippen MR) is 108 cm³/mol. The molecule has 152 valence electrons. The summed E-state index contributed by atoms with van der Waals surface area (Å²) in [6, 6.07) is 10.3. The number of aromatic hydroxyl groups is 1. The van der Waals surface area contributed by atoms with E-state index >= 15 is 0 Å². The van der Waals surface area contributed by atoms with Crippen LogP contribution >= 0.6 is 0 Å². The van der Waals surface area contributed by atoms with E-state index in [1.54, 1.807) is 19.1 Å². The summed E-state index contributed by atoms with van der Waals surface area (Å²) >= 11 is -2.42. The number of fused-ring (bicyclic) bond motifs is 1. The molecule has 3 rings (SSSR count). The normalized spacial score (nSPS) is 13.1. The summed E-state index contributed by atoms with van der Waals surface area (Å²) < 4.78 is 51.3. The van der Waals surface area contributed by atoms with Gasteiger partial charge in [0.1, 0.15) is 22.9 Å². The number of sulfone groups is 1. The van der Waals surface area contributed by atoms with Crippen LogP contribution in [0.2, 0.25) is 0 Å². The van der Waals surface area contributed by atoms with E-state index in [1.165, 1.54) is 37.4 Å². The number of phenolic OH excluding ortho intramolecular Hbond substituents is 1. The monoisotopic (exact) mass is 433 g/mol. The number of hydrogen-bond acceptors (Lipinski definition) is 8. The molecule has 0 aliphatic carbocycles. The van der Waals surface area contributed by atoms with E-state index in [2.05, 4.69) is 10.2 Å². The van der Waals surface area contributed by atoms with Crippen LogP contribution in [0, 0.1) is 6.92 Å². The molecule has 0 aliphatic heterocycles. The third-order valence-corrected chi connectivity index (χ3v) is 6.19. The molecule has 0 amide bonds. The van der Waals surface area contributed by atoms with Gasteiger partial charge in [-0.1, -0.05) is 12.1 Å². The van der Waals surface area contributed by atoms with Gasteiger partial charge in [-0.25, -0.2) is 8.42 Å². The third-order valence-electron chi connectivity index (χ3n) is 4.28. The van der Waals surface area contributed by atoms with Crippen molar-refractivity contribution >= 4 is 43.1 Å². The minimum absolute atomic E-state index is 0.0853. The Morgan fingerprint density at radius 1 is 1.10 bits per heavy atom. The smallest absolute Gasteiger partial charge is 0.175 e. The highest BCUT2D eigenvalue weighted by atomic mass is 32.2. The molecule has 1 atom stereocenters. The van der Waals surface area contributed by atoms with Gasteiger partial charge in [-0.3, -0.25) is 4.21 Å². The van der Waals surface area contributed by atoms with E-state index in [9.17, 15) is 22.3 Å². The maximum Gasteiger partial charge on any atom is 0.175 e. The number of azo groups is 1. The van der Waals surface area contributed by atoms with Crippen molar-refractivity contribution in [2.45, 2.75) is 16.7 Å². The van der Waals surface area contributed by atoms with E-state index in [-0.39, 0.29) is 32.7 Å². The van der Waals surface area contributed by atoms with Gasteiger partial charge in [0.25, 0.3) is 0 Å². The van der Waals surface area contributed by atoms with Crippen LogP contribution in [0.4, 0.5) is 11.4 Å². The molecule has 3 aromatic rings. The molecule has 0 fully saturated rings. The average molecular weight is 433 g/mol. The largest absolute Gasteiger partial charge is 0.768 e. The quantitative estimate of drug-likeness (QED) is 0.480. The number of benzene rings is 3. The van der Waals surface area contributed by atoms with Gasteiger partial charge in [0.15, 0.2) is 9.84 Å². The summed E-state index contributed by atoms with van der Waals surface area (Å²) in [4.78, 5) is 0.235. The lowest BCUT2D eigenvalue weighted by Crippen LogP contribution is -1.96. The Morgan fingerprint density at radius 3 is 2.45 bits per heavy atom. The third kappa shape index (κ3) is 4.29. The van der Waals surface area contributed by atoms with E-state index in [1.807, 2.05) is 0 Å². The average Bonchev–Trinajstić information content (AvgIpc) is 2.65. The second-order valence-corrected chi connectivity index (χ2v) is 9.24. The fourth-order valence-corrected chi connectivity index (χ4v) is 3.98. The topological polar surface area (TPSA) is 128 Å². The standard InChI is InChI=1S/C19H18N2O6S2/c1-11-8-15(17(27-2)10-18(11)28(23)24)20-21-19-14-6-5-13(29(3,25)26)9-12(14)4-7-16(19)22/h4-10,22H,1-3H3,(H,23,24)/p-1. The Kier molecular flexibility index (Phi) is 5.69. The van der Waals surface area contributed by atoms with E-state index < -0.39 is 20.9 Å². The molecule has 8 nitrogen and oxygen atoms in total. The van der Waals surface area contributed by atoms with E-state index in [4.69, 9.17) is 4.74 Å². The molecule has 1 N–H and O–H groups in total. The first-order valence-electron chi connectivity index (χ1n) is 8.27. The van der Waals surface area contributed by atoms with Gasteiger partial charge in [-0.2, -0.15) is 0 Å². The van der Waals surface area contributed by atoms with Gasteiger partial charge < -0.3 is 14.4 Å². The highest BCUT2D eigenvalue weighted by Crippen LogP contribution is 2.39. The molecule has 0 spiro atoms. The zero-order valence-electron chi connectivity index (χ0n) is 15.7. The van der Waals surface area contributed by atoms with Crippen LogP contribution in [0.15, 0.2) is 62.5 Å². The zero-order chi connectivity index (χ0) is 21.3. The van der Waals surface area contributed by atoms with Crippen LogP contribution in [0.25, 0.3) is 10.8 Å². The molecule has 1 unspecified atom stereocenters. The van der Waals surface area contributed by atoms with Crippen molar-refractivity contribution in [3.05, 3.63) is 48.0 Å². The lowest BCUT2D eigenvalue weighted by atomic mass is 10.1. The maximum absolute atomic E-state index is 11.8. The Hall–Kier alpha value is -2.82. The lowest BCUT2D eigenvalue weighted by Gasteiger charge is -2.12. The Labute approximate surface area is 170 Å². The second kappa shape index (κ2) is 7.90. The minimum Gasteiger partial charge on any atom is -0.768 e. The second-order valence-electron chi connectivity index (χ2n) is 6.31. The van der Waals surface area contributed by atoms with Crippen molar-refractivity contribution in [1.82, 2.24) is 0 Å². The van der Waals surface area contributed by atoms with Gasteiger partial charge in [0.2, 0.25) is 0 Å². The summed E-state index contributed by atoms with van der Waals surface area (Å²) in [5.41, 5.74) is 0.898. The lowest BCUT2D eigenvalue weighted by molar-refractivity contribution is 0.414. The van der Waals surface area contributed by atoms with Crippen molar-refractivity contribution in [1.29, 1.82) is 0 Å². The number of ether oxygens (including phenoxy) is 1. The van der Waals surface area contributed by atoms with Crippen molar-refractivity contribution in [3.8, 4) is 11.5 Å². The molecule has 29 heavy (non-hydrogen) atoms. The first kappa shape index (κ1) is 20.9. The van der Waals surface area contributed by atoms with Crippen LogP contribution in [0.5, 0.6) is 11.5 Å². The van der Waals surface area contributed by atoms with Crippen molar-refractivity contribution in [2.24, 2.45) is 10.2 Å². The minimum atomic E-state index is -3.38. The molecule has 10 heteroatoms. The predicted octanol–water partition coefficient (Wildman–Crippen LogP) is 3.92. The highest BCUT2D eigenvalue weighted by molar-refractivity contribution is 7.90. The zero-order valence-corrected chi connectivity index (χ0v) is 17.4. The van der Waals surface area contributed by atoms with Crippen molar-refractivity contribution < 1.29 is 27.0 Å². The molecular weight excluding hydrogens is 416 g/mol. The van der Waals surface area contributed by atoms with Crippen molar-refractivity contribution in [2.75, 3.05) is 13.4 Å². The van der Waals surface area contributed by atoms with Gasteiger partial charge >= 0.3 is 0 Å². The SMILES string of the molecule is COc1cc(S(=O)[O-])c(C)cc1N=Nc1c(O)ccc2cc(S(C)(=O)=O)ccc12. The number of aryl methyl sites for hydroxylation is 1. The van der Waals surface area contributed by atoms with Crippen LogP contribution in [0.3, 0.4) is 0 Å². The number of hydrogen-bond donors (Lipinski definition) is 1. The Bertz CT molecular complexity index is 1270. The van der Waals surface area contributed by atoms with Crippen LogP contribution in [-0.2, 0) is 20.9 Å².